The fourth-order valence-corrected chi connectivity index (χ4v) is 5.33. The zero-order valence-electron chi connectivity index (χ0n) is 18.1. The maximum atomic E-state index is 2.44. The number of fused-ring (bicyclic) bond motifs is 6. The molecule has 152 valence electrons. The van der Waals surface area contributed by atoms with E-state index in [2.05, 4.69) is 108 Å². The minimum atomic E-state index is 0.947. The van der Waals surface area contributed by atoms with Gasteiger partial charge in [-0.05, 0) is 55.7 Å². The number of hydrogen-bond acceptors (Lipinski definition) is 0. The molecule has 0 radical (unpaired) electrons. The molecule has 31 heavy (non-hydrogen) atoms. The van der Waals surface area contributed by atoms with Crippen molar-refractivity contribution in [2.45, 2.75) is 33.4 Å². The van der Waals surface area contributed by atoms with Gasteiger partial charge in [0.15, 0.2) is 0 Å². The van der Waals surface area contributed by atoms with E-state index in [-0.39, 0.29) is 0 Å². The van der Waals surface area contributed by atoms with Crippen molar-refractivity contribution in [1.82, 2.24) is 9.13 Å². The third-order valence-corrected chi connectivity index (χ3v) is 6.72. The van der Waals surface area contributed by atoms with Crippen LogP contribution in [-0.2, 0) is 19.5 Å². The number of para-hydroxylation sites is 2. The maximum absolute atomic E-state index is 2.44. The van der Waals surface area contributed by atoms with Crippen molar-refractivity contribution in [1.29, 1.82) is 0 Å². The smallest absolute Gasteiger partial charge is 0.0494 e. The third kappa shape index (κ3) is 2.71. The fraction of sp³-hybridized carbons (Fsp3) is 0.172. The predicted octanol–water partition coefficient (Wildman–Crippen LogP) is 7.53. The summed E-state index contributed by atoms with van der Waals surface area (Å²) < 4.78 is 4.87. The first-order valence-electron chi connectivity index (χ1n) is 11.3. The first-order valence-corrected chi connectivity index (χ1v) is 11.3. The molecule has 0 N–H and O–H groups in total. The van der Waals surface area contributed by atoms with Gasteiger partial charge in [-0.3, -0.25) is 0 Å². The molecule has 2 nitrogen and oxygen atoms in total. The molecule has 6 aromatic rings. The minimum absolute atomic E-state index is 0.947. The summed E-state index contributed by atoms with van der Waals surface area (Å²) in [6.45, 7) is 6.43. The van der Waals surface area contributed by atoms with E-state index in [4.69, 9.17) is 0 Å². The number of nitrogens with zero attached hydrogens (tertiary/aromatic N) is 2. The molecule has 2 heterocycles. The van der Waals surface area contributed by atoms with Crippen LogP contribution in [0.4, 0.5) is 0 Å². The molecule has 0 fully saturated rings. The Balaban J connectivity index is 1.47. The van der Waals surface area contributed by atoms with Gasteiger partial charge in [0.05, 0.1) is 0 Å². The quantitative estimate of drug-likeness (QED) is 0.288. The SMILES string of the molecule is CCn1c2ccccc2c2ccc(Cc3ccc4c5ccccc5n(CC)c4c3)cc21. The fourth-order valence-electron chi connectivity index (χ4n) is 5.33. The van der Waals surface area contributed by atoms with Crippen LogP contribution in [0.3, 0.4) is 0 Å². The lowest BCUT2D eigenvalue weighted by atomic mass is 10.0. The lowest BCUT2D eigenvalue weighted by Gasteiger charge is -2.08. The molecule has 0 saturated carbocycles. The molecule has 0 aliphatic carbocycles. The Morgan fingerprint density at radius 3 is 1.35 bits per heavy atom. The summed E-state index contributed by atoms with van der Waals surface area (Å²) in [7, 11) is 0. The Morgan fingerprint density at radius 1 is 0.484 bits per heavy atom. The molecule has 0 aliphatic rings. The van der Waals surface area contributed by atoms with Crippen LogP contribution in [0.25, 0.3) is 43.6 Å². The van der Waals surface area contributed by atoms with Gasteiger partial charge in [-0.2, -0.15) is 0 Å². The van der Waals surface area contributed by atoms with E-state index >= 15 is 0 Å². The molecule has 0 saturated heterocycles. The summed E-state index contributed by atoms with van der Waals surface area (Å²) in [6.07, 6.45) is 0.947. The van der Waals surface area contributed by atoms with Gasteiger partial charge < -0.3 is 9.13 Å². The summed E-state index contributed by atoms with van der Waals surface area (Å²) in [5.41, 5.74) is 8.05. The number of aryl methyl sites for hydroxylation is 2. The van der Waals surface area contributed by atoms with Crippen LogP contribution >= 0.6 is 0 Å². The van der Waals surface area contributed by atoms with Crippen molar-refractivity contribution in [2.24, 2.45) is 0 Å². The first kappa shape index (κ1) is 18.3. The largest absolute Gasteiger partial charge is 0.341 e. The van der Waals surface area contributed by atoms with Crippen molar-refractivity contribution < 1.29 is 0 Å². The monoisotopic (exact) mass is 402 g/mol. The zero-order valence-corrected chi connectivity index (χ0v) is 18.1. The normalized spacial score (nSPS) is 11.9. The first-order chi connectivity index (χ1) is 15.3. The summed E-state index contributed by atoms with van der Waals surface area (Å²) in [6, 6.07) is 31.5. The van der Waals surface area contributed by atoms with Gasteiger partial charge in [-0.15, -0.1) is 0 Å². The van der Waals surface area contributed by atoms with E-state index in [0.717, 1.165) is 19.5 Å². The molecular weight excluding hydrogens is 376 g/mol. The topological polar surface area (TPSA) is 9.86 Å². The van der Waals surface area contributed by atoms with Crippen LogP contribution in [0.5, 0.6) is 0 Å². The van der Waals surface area contributed by atoms with Crippen molar-refractivity contribution in [2.75, 3.05) is 0 Å². The van der Waals surface area contributed by atoms with E-state index in [0.29, 0.717) is 0 Å². The Hall–Kier alpha value is -3.52. The number of rotatable bonds is 4. The lowest BCUT2D eigenvalue weighted by molar-refractivity contribution is 0.826. The Labute approximate surface area is 182 Å². The standard InChI is InChI=1S/C29H26N2/c1-3-30-26-11-7-5-9-22(26)24-15-13-20(18-28(24)30)17-21-14-16-25-23-10-6-8-12-27(23)31(4-2)29(25)19-21/h5-16,18-19H,3-4,17H2,1-2H3. The van der Waals surface area contributed by atoms with E-state index < -0.39 is 0 Å². The summed E-state index contributed by atoms with van der Waals surface area (Å²) in [5, 5.41) is 5.39. The second kappa shape index (κ2) is 7.02. The molecule has 0 spiro atoms. The number of hydrogen-bond donors (Lipinski definition) is 0. The highest BCUT2D eigenvalue weighted by molar-refractivity contribution is 6.09. The highest BCUT2D eigenvalue weighted by Crippen LogP contribution is 2.32. The number of aromatic nitrogens is 2. The third-order valence-electron chi connectivity index (χ3n) is 6.72. The average Bonchev–Trinajstić information content (AvgIpc) is 3.30. The molecule has 0 atom stereocenters. The highest BCUT2D eigenvalue weighted by Gasteiger charge is 2.12. The van der Waals surface area contributed by atoms with Gasteiger partial charge in [0.25, 0.3) is 0 Å². The molecule has 4 aromatic carbocycles. The van der Waals surface area contributed by atoms with Crippen molar-refractivity contribution in [3.8, 4) is 0 Å². The van der Waals surface area contributed by atoms with Crippen molar-refractivity contribution >= 4 is 43.6 Å². The predicted molar refractivity (Wildman–Crippen MR) is 133 cm³/mol. The molecule has 2 heteroatoms. The average molecular weight is 403 g/mol. The summed E-state index contributed by atoms with van der Waals surface area (Å²) in [4.78, 5) is 0. The Kier molecular flexibility index (Phi) is 4.14. The van der Waals surface area contributed by atoms with Crippen LogP contribution in [0, 0.1) is 0 Å². The van der Waals surface area contributed by atoms with E-state index in [1.165, 1.54) is 54.7 Å². The van der Waals surface area contributed by atoms with Crippen molar-refractivity contribution in [3.05, 3.63) is 96.1 Å². The van der Waals surface area contributed by atoms with Crippen LogP contribution in [0.1, 0.15) is 25.0 Å². The molecular formula is C29H26N2. The van der Waals surface area contributed by atoms with Crippen LogP contribution in [0.15, 0.2) is 84.9 Å². The van der Waals surface area contributed by atoms with Crippen LogP contribution in [-0.4, -0.2) is 9.13 Å². The van der Waals surface area contributed by atoms with Crippen molar-refractivity contribution in [3.63, 3.8) is 0 Å². The van der Waals surface area contributed by atoms with E-state index in [9.17, 15) is 0 Å². The second-order valence-electron chi connectivity index (χ2n) is 8.40. The van der Waals surface area contributed by atoms with Gasteiger partial charge in [0.2, 0.25) is 0 Å². The summed E-state index contributed by atoms with van der Waals surface area (Å²) in [5.74, 6) is 0. The molecule has 6 rings (SSSR count). The van der Waals surface area contributed by atoms with Crippen LogP contribution < -0.4 is 0 Å². The molecule has 0 unspecified atom stereocenters. The number of benzene rings is 4. The van der Waals surface area contributed by atoms with E-state index in [1.807, 2.05) is 0 Å². The summed E-state index contributed by atoms with van der Waals surface area (Å²) >= 11 is 0. The minimum Gasteiger partial charge on any atom is -0.341 e. The van der Waals surface area contributed by atoms with Gasteiger partial charge in [-0.1, -0.05) is 60.7 Å². The van der Waals surface area contributed by atoms with Gasteiger partial charge in [0, 0.05) is 56.7 Å². The maximum Gasteiger partial charge on any atom is 0.0494 e. The highest BCUT2D eigenvalue weighted by atomic mass is 15.0. The molecule has 0 bridgehead atoms. The van der Waals surface area contributed by atoms with Gasteiger partial charge in [-0.25, -0.2) is 0 Å². The van der Waals surface area contributed by atoms with E-state index in [1.54, 1.807) is 0 Å². The second-order valence-corrected chi connectivity index (χ2v) is 8.40. The lowest BCUT2D eigenvalue weighted by Crippen LogP contribution is -1.96. The Morgan fingerprint density at radius 2 is 0.903 bits per heavy atom. The Bertz CT molecular complexity index is 1460. The zero-order chi connectivity index (χ0) is 20.9. The van der Waals surface area contributed by atoms with Crippen LogP contribution in [0.2, 0.25) is 0 Å². The molecule has 0 aliphatic heterocycles. The van der Waals surface area contributed by atoms with Gasteiger partial charge in [0.1, 0.15) is 0 Å². The molecule has 2 aromatic heterocycles. The van der Waals surface area contributed by atoms with Gasteiger partial charge >= 0.3 is 0 Å². The molecule has 0 amide bonds.